The summed E-state index contributed by atoms with van der Waals surface area (Å²) in [5, 5.41) is 2.06. The van der Waals surface area contributed by atoms with Gasteiger partial charge in [-0.25, -0.2) is 0 Å². The highest BCUT2D eigenvalue weighted by molar-refractivity contribution is 6.24. The molecular formula is C34H30N2O3. The van der Waals surface area contributed by atoms with Crippen molar-refractivity contribution in [1.29, 1.82) is 0 Å². The Balaban J connectivity index is 1.35. The molecule has 3 atom stereocenters. The molecule has 194 valence electrons. The minimum absolute atomic E-state index is 0.0605. The van der Waals surface area contributed by atoms with Crippen LogP contribution in [0.3, 0.4) is 0 Å². The number of Topliss-reactive ketones (excluding diaryl/α,β-unsaturated/α-hetero) is 2. The molecule has 0 unspecified atom stereocenters. The maximum absolute atomic E-state index is 14.8. The molecule has 2 aliphatic carbocycles. The van der Waals surface area contributed by atoms with Crippen molar-refractivity contribution in [3.63, 3.8) is 0 Å². The maximum atomic E-state index is 14.8. The van der Waals surface area contributed by atoms with Gasteiger partial charge in [-0.15, -0.1) is 0 Å². The fraction of sp³-hybridized carbons (Fsp3) is 0.294. The van der Waals surface area contributed by atoms with Crippen molar-refractivity contribution in [1.82, 2.24) is 4.90 Å². The lowest BCUT2D eigenvalue weighted by Crippen LogP contribution is -2.57. The third-order valence-corrected chi connectivity index (χ3v) is 9.95. The minimum Gasteiger partial charge on any atom is -0.378 e. The standard InChI is InChI=1S/C34H30N2O3/c1-35-21-29(22-12-14-25(15-13-22)36-16-18-39-19-17-36)33(20-24-6-2-3-9-26(24)31(33)37)34(35)28-11-5-8-23-7-4-10-27(30(23)28)32(34)38/h2-15,29H,16-21H2,1H3/t29-,33+,34+/m1/s1. The highest BCUT2D eigenvalue weighted by atomic mass is 16.5. The quantitative estimate of drug-likeness (QED) is 0.367. The van der Waals surface area contributed by atoms with E-state index in [-0.39, 0.29) is 17.5 Å². The van der Waals surface area contributed by atoms with Crippen LogP contribution in [0.5, 0.6) is 0 Å². The van der Waals surface area contributed by atoms with Crippen molar-refractivity contribution < 1.29 is 14.3 Å². The van der Waals surface area contributed by atoms with Gasteiger partial charge in [0, 0.05) is 42.4 Å². The summed E-state index contributed by atoms with van der Waals surface area (Å²) in [6.07, 6.45) is 0.554. The van der Waals surface area contributed by atoms with Gasteiger partial charge in [-0.1, -0.05) is 72.8 Å². The average Bonchev–Trinajstić information content (AvgIpc) is 3.53. The first kappa shape index (κ1) is 23.1. The van der Waals surface area contributed by atoms with Crippen LogP contribution < -0.4 is 4.90 Å². The Hall–Kier alpha value is -3.80. The predicted octanol–water partition coefficient (Wildman–Crippen LogP) is 5.22. The number of rotatable bonds is 2. The molecular weight excluding hydrogens is 484 g/mol. The number of likely N-dealkylation sites (N-methyl/N-ethyl adjacent to an activating group) is 1. The van der Waals surface area contributed by atoms with Gasteiger partial charge in [-0.3, -0.25) is 14.5 Å². The van der Waals surface area contributed by atoms with E-state index < -0.39 is 11.0 Å². The number of likely N-dealkylation sites (tertiary alicyclic amines) is 1. The topological polar surface area (TPSA) is 49.9 Å². The van der Waals surface area contributed by atoms with Crippen molar-refractivity contribution in [3.8, 4) is 0 Å². The second kappa shape index (κ2) is 8.10. The lowest BCUT2D eigenvalue weighted by molar-refractivity contribution is 0.0342. The van der Waals surface area contributed by atoms with E-state index in [1.54, 1.807) is 0 Å². The Morgan fingerprint density at radius 3 is 2.28 bits per heavy atom. The van der Waals surface area contributed by atoms with Gasteiger partial charge in [0.15, 0.2) is 11.6 Å². The molecule has 4 aromatic rings. The lowest BCUT2D eigenvalue weighted by Gasteiger charge is -2.44. The number of hydrogen-bond donors (Lipinski definition) is 0. The van der Waals surface area contributed by atoms with Crippen LogP contribution in [-0.4, -0.2) is 56.4 Å². The Morgan fingerprint density at radius 1 is 0.795 bits per heavy atom. The number of fused-ring (bicyclic) bond motifs is 3. The molecule has 2 fully saturated rings. The van der Waals surface area contributed by atoms with Crippen LogP contribution in [0.15, 0.2) is 84.9 Å². The normalized spacial score (nSPS) is 27.8. The fourth-order valence-electron chi connectivity index (χ4n) is 8.35. The third kappa shape index (κ3) is 2.77. The summed E-state index contributed by atoms with van der Waals surface area (Å²) in [5.74, 6) is 0.0305. The molecule has 4 aliphatic rings. The van der Waals surface area contributed by atoms with Crippen LogP contribution in [-0.2, 0) is 16.7 Å². The second-order valence-electron chi connectivity index (χ2n) is 11.5. The maximum Gasteiger partial charge on any atom is 0.189 e. The molecule has 2 spiro atoms. The summed E-state index contributed by atoms with van der Waals surface area (Å²) in [6, 6.07) is 28.9. The first-order valence-corrected chi connectivity index (χ1v) is 13.9. The van der Waals surface area contributed by atoms with Gasteiger partial charge in [-0.05, 0) is 53.1 Å². The molecule has 0 amide bonds. The van der Waals surface area contributed by atoms with Crippen LogP contribution in [0.4, 0.5) is 5.69 Å². The Bertz CT molecular complexity index is 1670. The molecule has 0 N–H and O–H groups in total. The first-order chi connectivity index (χ1) is 19.1. The highest BCUT2D eigenvalue weighted by Crippen LogP contribution is 2.67. The van der Waals surface area contributed by atoms with Crippen LogP contribution in [0, 0.1) is 5.41 Å². The lowest BCUT2D eigenvalue weighted by atomic mass is 9.58. The smallest absolute Gasteiger partial charge is 0.189 e. The van der Waals surface area contributed by atoms with E-state index >= 15 is 0 Å². The van der Waals surface area contributed by atoms with Gasteiger partial charge in [0.1, 0.15) is 5.54 Å². The van der Waals surface area contributed by atoms with Crippen molar-refractivity contribution in [2.45, 2.75) is 17.9 Å². The van der Waals surface area contributed by atoms with Gasteiger partial charge >= 0.3 is 0 Å². The summed E-state index contributed by atoms with van der Waals surface area (Å²) in [6.45, 7) is 3.86. The number of ketones is 2. The van der Waals surface area contributed by atoms with E-state index in [9.17, 15) is 9.59 Å². The largest absolute Gasteiger partial charge is 0.378 e. The Kier molecular flexibility index (Phi) is 4.80. The van der Waals surface area contributed by atoms with Crippen LogP contribution in [0.2, 0.25) is 0 Å². The molecule has 5 heteroatoms. The van der Waals surface area contributed by atoms with Gasteiger partial charge in [0.05, 0.1) is 18.6 Å². The Labute approximate surface area is 228 Å². The minimum atomic E-state index is -1.06. The molecule has 39 heavy (non-hydrogen) atoms. The number of anilines is 1. The number of morpholine rings is 1. The van der Waals surface area contributed by atoms with Crippen molar-refractivity contribution in [2.24, 2.45) is 5.41 Å². The summed E-state index contributed by atoms with van der Waals surface area (Å²) >= 11 is 0. The average molecular weight is 515 g/mol. The number of benzene rings is 4. The highest BCUT2D eigenvalue weighted by Gasteiger charge is 2.74. The molecule has 5 nitrogen and oxygen atoms in total. The zero-order valence-corrected chi connectivity index (χ0v) is 22.0. The number of ether oxygens (including phenoxy) is 1. The van der Waals surface area contributed by atoms with Crippen LogP contribution in [0.1, 0.15) is 43.3 Å². The molecule has 0 saturated carbocycles. The van der Waals surface area contributed by atoms with Gasteiger partial charge in [0.2, 0.25) is 0 Å². The molecule has 0 radical (unpaired) electrons. The van der Waals surface area contributed by atoms with Crippen molar-refractivity contribution >= 4 is 28.0 Å². The number of carbonyl (C=O) groups is 2. The third-order valence-electron chi connectivity index (χ3n) is 9.95. The molecule has 0 aromatic heterocycles. The van der Waals surface area contributed by atoms with E-state index in [1.165, 1.54) is 5.69 Å². The monoisotopic (exact) mass is 514 g/mol. The van der Waals surface area contributed by atoms with Gasteiger partial charge < -0.3 is 9.64 Å². The first-order valence-electron chi connectivity index (χ1n) is 13.9. The van der Waals surface area contributed by atoms with Crippen molar-refractivity contribution in [2.75, 3.05) is 44.8 Å². The summed E-state index contributed by atoms with van der Waals surface area (Å²) in [5.41, 5.74) is 3.83. The second-order valence-corrected chi connectivity index (χ2v) is 11.5. The number of hydrogen-bond acceptors (Lipinski definition) is 5. The molecule has 4 aromatic carbocycles. The number of carbonyl (C=O) groups excluding carboxylic acids is 2. The number of nitrogens with zero attached hydrogens (tertiary/aromatic N) is 2. The molecule has 2 heterocycles. The summed E-state index contributed by atoms with van der Waals surface area (Å²) in [7, 11) is 2.04. The summed E-state index contributed by atoms with van der Waals surface area (Å²) < 4.78 is 5.54. The Morgan fingerprint density at radius 2 is 1.51 bits per heavy atom. The van der Waals surface area contributed by atoms with Gasteiger partial charge in [0.25, 0.3) is 0 Å². The predicted molar refractivity (Wildman–Crippen MR) is 152 cm³/mol. The van der Waals surface area contributed by atoms with E-state index in [0.717, 1.165) is 64.9 Å². The van der Waals surface area contributed by atoms with E-state index in [2.05, 4.69) is 58.3 Å². The zero-order valence-electron chi connectivity index (χ0n) is 22.0. The van der Waals surface area contributed by atoms with E-state index in [4.69, 9.17) is 4.74 Å². The fourth-order valence-corrected chi connectivity index (χ4v) is 8.35. The van der Waals surface area contributed by atoms with Crippen LogP contribution >= 0.6 is 0 Å². The van der Waals surface area contributed by atoms with E-state index in [0.29, 0.717) is 13.0 Å². The van der Waals surface area contributed by atoms with E-state index in [1.807, 2.05) is 43.4 Å². The molecule has 8 rings (SSSR count). The molecule has 2 saturated heterocycles. The van der Waals surface area contributed by atoms with Crippen LogP contribution in [0.25, 0.3) is 10.8 Å². The molecule has 0 bridgehead atoms. The van der Waals surface area contributed by atoms with Gasteiger partial charge in [-0.2, -0.15) is 0 Å². The van der Waals surface area contributed by atoms with Crippen molar-refractivity contribution in [3.05, 3.63) is 113 Å². The zero-order chi connectivity index (χ0) is 26.4. The SMILES string of the molecule is CN1C[C@H](c2ccc(N3CCOCC3)cc2)[C@]2(Cc3ccccc3C2=O)[C@]12C(=O)c1cccc3cccc2c13. The summed E-state index contributed by atoms with van der Waals surface area (Å²) in [4.78, 5) is 34.2. The molecule has 2 aliphatic heterocycles.